The SMILES string of the molecule is CC(=CC(=O)O)CC(N)=O. The smallest absolute Gasteiger partial charge is 0.328 e. The lowest BCUT2D eigenvalue weighted by molar-refractivity contribution is -0.131. The van der Waals surface area contributed by atoms with Crippen molar-refractivity contribution in [2.24, 2.45) is 5.73 Å². The van der Waals surface area contributed by atoms with E-state index in [1.807, 2.05) is 0 Å². The molecule has 4 heteroatoms. The predicted molar refractivity (Wildman–Crippen MR) is 35.2 cm³/mol. The number of carbonyl (C=O) groups is 2. The first-order chi connectivity index (χ1) is 4.52. The second-order valence-electron chi connectivity index (χ2n) is 1.97. The molecule has 0 heterocycles. The number of amides is 1. The second-order valence-corrected chi connectivity index (χ2v) is 1.97. The number of carboxylic acids is 1. The average molecular weight is 143 g/mol. The van der Waals surface area contributed by atoms with Crippen LogP contribution in [-0.2, 0) is 9.59 Å². The van der Waals surface area contributed by atoms with E-state index in [1.165, 1.54) is 0 Å². The van der Waals surface area contributed by atoms with E-state index in [2.05, 4.69) is 0 Å². The summed E-state index contributed by atoms with van der Waals surface area (Å²) in [5.41, 5.74) is 5.25. The molecule has 0 bridgehead atoms. The van der Waals surface area contributed by atoms with Crippen LogP contribution in [0.3, 0.4) is 0 Å². The van der Waals surface area contributed by atoms with E-state index in [-0.39, 0.29) is 6.42 Å². The predicted octanol–water partition coefficient (Wildman–Crippen LogP) is -0.107. The summed E-state index contributed by atoms with van der Waals surface area (Å²) in [4.78, 5) is 20.1. The van der Waals surface area contributed by atoms with Crippen LogP contribution in [0.2, 0.25) is 0 Å². The zero-order valence-electron chi connectivity index (χ0n) is 5.63. The van der Waals surface area contributed by atoms with Crippen molar-refractivity contribution in [2.45, 2.75) is 13.3 Å². The summed E-state index contributed by atoms with van der Waals surface area (Å²) in [7, 11) is 0. The summed E-state index contributed by atoms with van der Waals surface area (Å²) in [6, 6.07) is 0. The van der Waals surface area contributed by atoms with Gasteiger partial charge < -0.3 is 10.8 Å². The minimum Gasteiger partial charge on any atom is -0.478 e. The van der Waals surface area contributed by atoms with Gasteiger partial charge in [-0.1, -0.05) is 5.57 Å². The lowest BCUT2D eigenvalue weighted by Crippen LogP contribution is -2.10. The third kappa shape index (κ3) is 4.83. The number of primary amides is 1. The first-order valence-electron chi connectivity index (χ1n) is 2.70. The van der Waals surface area contributed by atoms with E-state index < -0.39 is 11.9 Å². The molecule has 3 N–H and O–H groups in total. The fourth-order valence-electron chi connectivity index (χ4n) is 0.537. The van der Waals surface area contributed by atoms with Crippen molar-refractivity contribution in [3.8, 4) is 0 Å². The van der Waals surface area contributed by atoms with Crippen molar-refractivity contribution in [2.75, 3.05) is 0 Å². The Morgan fingerprint density at radius 1 is 1.60 bits per heavy atom. The Balaban J connectivity index is 3.95. The summed E-state index contributed by atoms with van der Waals surface area (Å²) in [6.45, 7) is 1.54. The van der Waals surface area contributed by atoms with Gasteiger partial charge in [-0.3, -0.25) is 4.79 Å². The van der Waals surface area contributed by atoms with E-state index in [1.54, 1.807) is 6.92 Å². The Morgan fingerprint density at radius 2 is 2.10 bits per heavy atom. The number of carboxylic acid groups (broad SMARTS) is 1. The molecule has 0 saturated carbocycles. The molecule has 0 aliphatic carbocycles. The third-order valence-electron chi connectivity index (χ3n) is 0.823. The summed E-state index contributed by atoms with van der Waals surface area (Å²) in [5.74, 6) is -1.58. The van der Waals surface area contributed by atoms with Gasteiger partial charge in [-0.25, -0.2) is 4.79 Å². The van der Waals surface area contributed by atoms with Crippen LogP contribution < -0.4 is 5.73 Å². The summed E-state index contributed by atoms with van der Waals surface area (Å²) in [5, 5.41) is 8.17. The Bertz CT molecular complexity index is 183. The molecule has 0 aromatic rings. The maximum atomic E-state index is 10.2. The topological polar surface area (TPSA) is 80.4 Å². The van der Waals surface area contributed by atoms with Crippen LogP contribution in [0.15, 0.2) is 11.6 Å². The summed E-state index contributed by atoms with van der Waals surface area (Å²) >= 11 is 0. The fraction of sp³-hybridized carbons (Fsp3) is 0.333. The quantitative estimate of drug-likeness (QED) is 0.541. The average Bonchev–Trinajstić information content (AvgIpc) is 1.58. The van der Waals surface area contributed by atoms with Gasteiger partial charge >= 0.3 is 5.97 Å². The Kier molecular flexibility index (Phi) is 3.17. The van der Waals surface area contributed by atoms with Crippen molar-refractivity contribution < 1.29 is 14.7 Å². The molecule has 0 aliphatic rings. The van der Waals surface area contributed by atoms with Crippen molar-refractivity contribution in [1.29, 1.82) is 0 Å². The van der Waals surface area contributed by atoms with E-state index in [0.29, 0.717) is 5.57 Å². The molecule has 0 saturated heterocycles. The van der Waals surface area contributed by atoms with Gasteiger partial charge in [0.1, 0.15) is 0 Å². The maximum Gasteiger partial charge on any atom is 0.328 e. The van der Waals surface area contributed by atoms with Crippen LogP contribution in [0.4, 0.5) is 0 Å². The summed E-state index contributed by atoms with van der Waals surface area (Å²) < 4.78 is 0. The maximum absolute atomic E-state index is 10.2. The van der Waals surface area contributed by atoms with Gasteiger partial charge in [0.25, 0.3) is 0 Å². The number of hydrogen-bond acceptors (Lipinski definition) is 2. The van der Waals surface area contributed by atoms with E-state index in [9.17, 15) is 9.59 Å². The minimum absolute atomic E-state index is 0.00625. The van der Waals surface area contributed by atoms with Crippen LogP contribution in [-0.4, -0.2) is 17.0 Å². The van der Waals surface area contributed by atoms with Crippen molar-refractivity contribution in [1.82, 2.24) is 0 Å². The van der Waals surface area contributed by atoms with Crippen molar-refractivity contribution in [3.05, 3.63) is 11.6 Å². The molecule has 0 aliphatic heterocycles. The number of rotatable bonds is 3. The molecule has 0 atom stereocenters. The van der Waals surface area contributed by atoms with Gasteiger partial charge in [-0.2, -0.15) is 0 Å². The highest BCUT2D eigenvalue weighted by atomic mass is 16.4. The van der Waals surface area contributed by atoms with Crippen LogP contribution in [0.25, 0.3) is 0 Å². The number of nitrogens with two attached hydrogens (primary N) is 1. The van der Waals surface area contributed by atoms with Crippen molar-refractivity contribution >= 4 is 11.9 Å². The molecule has 0 fully saturated rings. The zero-order valence-corrected chi connectivity index (χ0v) is 5.63. The number of hydrogen-bond donors (Lipinski definition) is 2. The molecule has 0 unspecified atom stereocenters. The number of carbonyl (C=O) groups excluding carboxylic acids is 1. The second kappa shape index (κ2) is 3.66. The van der Waals surface area contributed by atoms with Crippen molar-refractivity contribution in [3.63, 3.8) is 0 Å². The highest BCUT2D eigenvalue weighted by Gasteiger charge is 1.97. The molecule has 0 radical (unpaired) electrons. The molecule has 0 spiro atoms. The van der Waals surface area contributed by atoms with Gasteiger partial charge in [0.2, 0.25) is 5.91 Å². The third-order valence-corrected chi connectivity index (χ3v) is 0.823. The van der Waals surface area contributed by atoms with Crippen LogP contribution in [0.1, 0.15) is 13.3 Å². The van der Waals surface area contributed by atoms with E-state index in [0.717, 1.165) is 6.08 Å². The van der Waals surface area contributed by atoms with E-state index >= 15 is 0 Å². The van der Waals surface area contributed by atoms with Crippen LogP contribution in [0.5, 0.6) is 0 Å². The summed E-state index contributed by atoms with van der Waals surface area (Å²) in [6.07, 6.45) is 0.969. The number of aliphatic carboxylic acids is 1. The first kappa shape index (κ1) is 8.68. The molecular formula is C6H9NO3. The van der Waals surface area contributed by atoms with Crippen LogP contribution in [0, 0.1) is 0 Å². The standard InChI is InChI=1S/C6H9NO3/c1-4(2-5(7)8)3-6(9)10/h3H,2H2,1H3,(H2,7,8)(H,9,10). The molecule has 0 aromatic heterocycles. The van der Waals surface area contributed by atoms with Crippen LogP contribution >= 0.6 is 0 Å². The molecule has 0 rings (SSSR count). The largest absolute Gasteiger partial charge is 0.478 e. The molecule has 0 aromatic carbocycles. The zero-order chi connectivity index (χ0) is 8.15. The highest BCUT2D eigenvalue weighted by molar-refractivity contribution is 5.83. The highest BCUT2D eigenvalue weighted by Crippen LogP contribution is 1.96. The molecule has 56 valence electrons. The normalized spacial score (nSPS) is 11.1. The molecule has 1 amide bonds. The van der Waals surface area contributed by atoms with Gasteiger partial charge in [-0.05, 0) is 6.92 Å². The lowest BCUT2D eigenvalue weighted by atomic mass is 10.2. The minimum atomic E-state index is -1.06. The lowest BCUT2D eigenvalue weighted by Gasteiger charge is -1.92. The Morgan fingerprint density at radius 3 is 2.40 bits per heavy atom. The Hall–Kier alpha value is -1.32. The molecular weight excluding hydrogens is 134 g/mol. The molecule has 10 heavy (non-hydrogen) atoms. The van der Waals surface area contributed by atoms with Gasteiger partial charge in [-0.15, -0.1) is 0 Å². The van der Waals surface area contributed by atoms with Gasteiger partial charge in [0, 0.05) is 12.5 Å². The van der Waals surface area contributed by atoms with Gasteiger partial charge in [0.15, 0.2) is 0 Å². The monoisotopic (exact) mass is 143 g/mol. The van der Waals surface area contributed by atoms with Gasteiger partial charge in [0.05, 0.1) is 0 Å². The molecule has 4 nitrogen and oxygen atoms in total. The first-order valence-corrected chi connectivity index (χ1v) is 2.70. The fourth-order valence-corrected chi connectivity index (χ4v) is 0.537. The van der Waals surface area contributed by atoms with E-state index in [4.69, 9.17) is 10.8 Å². The Labute approximate surface area is 58.3 Å².